The molecule has 0 unspecified atom stereocenters. The summed E-state index contributed by atoms with van der Waals surface area (Å²) in [5.41, 5.74) is 4.37. The largest absolute Gasteiger partial charge is 0.488 e. The van der Waals surface area contributed by atoms with Crippen LogP contribution in [0.2, 0.25) is 0 Å². The summed E-state index contributed by atoms with van der Waals surface area (Å²) in [6.45, 7) is 8.57. The van der Waals surface area contributed by atoms with Gasteiger partial charge in [0.1, 0.15) is 11.4 Å². The molecule has 0 amide bonds. The molecule has 0 aliphatic carbocycles. The number of aliphatic hydroxyl groups excluding tert-OH is 1. The van der Waals surface area contributed by atoms with Crippen molar-refractivity contribution in [3.63, 3.8) is 0 Å². The molecule has 5 heteroatoms. The van der Waals surface area contributed by atoms with Crippen molar-refractivity contribution >= 4 is 0 Å². The van der Waals surface area contributed by atoms with Crippen molar-refractivity contribution < 1.29 is 9.84 Å². The molecule has 0 saturated heterocycles. The molecule has 3 rings (SSSR count). The number of benzene rings is 1. The number of aromatic nitrogens is 2. The van der Waals surface area contributed by atoms with Gasteiger partial charge >= 0.3 is 0 Å². The maximum Gasteiger partial charge on any atom is 0.120 e. The third-order valence-electron chi connectivity index (χ3n) is 3.87. The molecule has 5 nitrogen and oxygen atoms in total. The van der Waals surface area contributed by atoms with Gasteiger partial charge in [0, 0.05) is 36.3 Å². The van der Waals surface area contributed by atoms with Gasteiger partial charge in [-0.2, -0.15) is 5.10 Å². The first-order chi connectivity index (χ1) is 11.0. The van der Waals surface area contributed by atoms with Crippen molar-refractivity contribution in [3.05, 3.63) is 35.5 Å². The van der Waals surface area contributed by atoms with Crippen molar-refractivity contribution in [2.24, 2.45) is 0 Å². The van der Waals surface area contributed by atoms with E-state index < -0.39 is 0 Å². The van der Waals surface area contributed by atoms with Crippen LogP contribution in [-0.4, -0.2) is 33.6 Å². The number of fused-ring (bicyclic) bond motifs is 1. The first kappa shape index (κ1) is 16.0. The van der Waals surface area contributed by atoms with Crippen molar-refractivity contribution in [1.29, 1.82) is 0 Å². The SMILES string of the molecule is CC(C)(C)Oc1ccc(-c2nn(CCO)c3c2CNCC3)cc1. The quantitative estimate of drug-likeness (QED) is 0.909. The van der Waals surface area contributed by atoms with Gasteiger partial charge in [-0.3, -0.25) is 4.68 Å². The molecular weight excluding hydrogens is 290 g/mol. The highest BCUT2D eigenvalue weighted by Crippen LogP contribution is 2.29. The molecule has 0 saturated carbocycles. The number of ether oxygens (including phenoxy) is 1. The van der Waals surface area contributed by atoms with Crippen molar-refractivity contribution in [2.75, 3.05) is 13.2 Å². The van der Waals surface area contributed by atoms with Crippen LogP contribution >= 0.6 is 0 Å². The molecule has 124 valence electrons. The lowest BCUT2D eigenvalue weighted by Gasteiger charge is -2.21. The first-order valence-electron chi connectivity index (χ1n) is 8.17. The van der Waals surface area contributed by atoms with Gasteiger partial charge in [-0.15, -0.1) is 0 Å². The lowest BCUT2D eigenvalue weighted by Crippen LogP contribution is -2.25. The Morgan fingerprint density at radius 2 is 2.00 bits per heavy atom. The fourth-order valence-corrected chi connectivity index (χ4v) is 2.97. The van der Waals surface area contributed by atoms with E-state index >= 15 is 0 Å². The number of nitrogens with one attached hydrogen (secondary N) is 1. The van der Waals surface area contributed by atoms with Crippen LogP contribution in [0.4, 0.5) is 0 Å². The number of hydrogen-bond acceptors (Lipinski definition) is 4. The van der Waals surface area contributed by atoms with E-state index in [0.717, 1.165) is 36.5 Å². The number of aliphatic hydroxyl groups is 1. The standard InChI is InChI=1S/C18H25N3O2/c1-18(2,3)23-14-6-4-13(5-7-14)17-15-12-19-9-8-16(15)21(20-17)10-11-22/h4-7,19,22H,8-12H2,1-3H3. The molecule has 2 heterocycles. The number of nitrogens with zero attached hydrogens (tertiary/aromatic N) is 2. The summed E-state index contributed by atoms with van der Waals surface area (Å²) in [6, 6.07) is 8.10. The molecule has 0 atom stereocenters. The second-order valence-electron chi connectivity index (χ2n) is 6.89. The molecular formula is C18H25N3O2. The molecule has 0 fully saturated rings. The lowest BCUT2D eigenvalue weighted by atomic mass is 10.0. The zero-order chi connectivity index (χ0) is 16.4. The average Bonchev–Trinajstić information content (AvgIpc) is 2.86. The maximum absolute atomic E-state index is 9.25. The fourth-order valence-electron chi connectivity index (χ4n) is 2.97. The molecule has 2 aromatic rings. The van der Waals surface area contributed by atoms with E-state index in [-0.39, 0.29) is 12.2 Å². The average molecular weight is 315 g/mol. The van der Waals surface area contributed by atoms with Gasteiger partial charge in [0.15, 0.2) is 0 Å². The van der Waals surface area contributed by atoms with Crippen molar-refractivity contribution in [1.82, 2.24) is 15.1 Å². The van der Waals surface area contributed by atoms with Gasteiger partial charge in [0.05, 0.1) is 18.8 Å². The predicted octanol–water partition coefficient (Wildman–Crippen LogP) is 2.37. The van der Waals surface area contributed by atoms with Crippen LogP contribution < -0.4 is 10.1 Å². The van der Waals surface area contributed by atoms with Gasteiger partial charge in [-0.05, 0) is 45.0 Å². The lowest BCUT2D eigenvalue weighted by molar-refractivity contribution is 0.131. The summed E-state index contributed by atoms with van der Waals surface area (Å²) in [4.78, 5) is 0. The summed E-state index contributed by atoms with van der Waals surface area (Å²) in [5, 5.41) is 17.4. The van der Waals surface area contributed by atoms with Crippen LogP contribution in [0.25, 0.3) is 11.3 Å². The third kappa shape index (κ3) is 3.57. The van der Waals surface area contributed by atoms with E-state index in [1.54, 1.807) is 0 Å². The van der Waals surface area contributed by atoms with Crippen LogP contribution in [0.5, 0.6) is 5.75 Å². The minimum absolute atomic E-state index is 0.110. The van der Waals surface area contributed by atoms with E-state index in [2.05, 4.69) is 17.4 Å². The summed E-state index contributed by atoms with van der Waals surface area (Å²) in [6.07, 6.45) is 0.952. The molecule has 1 aliphatic rings. The van der Waals surface area contributed by atoms with Gasteiger partial charge in [0.25, 0.3) is 0 Å². The smallest absolute Gasteiger partial charge is 0.120 e. The normalized spacial score (nSPS) is 14.6. The van der Waals surface area contributed by atoms with E-state index in [0.29, 0.717) is 6.54 Å². The van der Waals surface area contributed by atoms with Crippen LogP contribution in [-0.2, 0) is 19.5 Å². The summed E-state index contributed by atoms with van der Waals surface area (Å²) < 4.78 is 7.83. The Hall–Kier alpha value is -1.85. The van der Waals surface area contributed by atoms with Crippen molar-refractivity contribution in [2.45, 2.75) is 45.9 Å². The highest BCUT2D eigenvalue weighted by atomic mass is 16.5. The molecule has 2 N–H and O–H groups in total. The molecule has 0 radical (unpaired) electrons. The molecule has 23 heavy (non-hydrogen) atoms. The van der Waals surface area contributed by atoms with Crippen LogP contribution in [0.15, 0.2) is 24.3 Å². The Morgan fingerprint density at radius 3 is 2.65 bits per heavy atom. The second-order valence-corrected chi connectivity index (χ2v) is 6.89. The predicted molar refractivity (Wildman–Crippen MR) is 90.5 cm³/mol. The van der Waals surface area contributed by atoms with Gasteiger partial charge in [0.2, 0.25) is 0 Å². The van der Waals surface area contributed by atoms with E-state index in [4.69, 9.17) is 9.84 Å². The first-order valence-corrected chi connectivity index (χ1v) is 8.17. The Balaban J connectivity index is 1.92. The van der Waals surface area contributed by atoms with E-state index in [1.807, 2.05) is 37.6 Å². The number of hydrogen-bond donors (Lipinski definition) is 2. The summed E-state index contributed by atoms with van der Waals surface area (Å²) >= 11 is 0. The summed E-state index contributed by atoms with van der Waals surface area (Å²) in [5.74, 6) is 0.864. The van der Waals surface area contributed by atoms with Crippen LogP contribution in [0.1, 0.15) is 32.0 Å². The highest BCUT2D eigenvalue weighted by molar-refractivity contribution is 5.65. The molecule has 1 aliphatic heterocycles. The topological polar surface area (TPSA) is 59.3 Å². The monoisotopic (exact) mass is 315 g/mol. The minimum atomic E-state index is -0.201. The molecule has 1 aromatic heterocycles. The van der Waals surface area contributed by atoms with Gasteiger partial charge in [-0.1, -0.05) is 0 Å². The Labute approximate surface area is 137 Å². The van der Waals surface area contributed by atoms with Crippen LogP contribution in [0, 0.1) is 0 Å². The third-order valence-corrected chi connectivity index (χ3v) is 3.87. The number of rotatable bonds is 4. The van der Waals surface area contributed by atoms with E-state index in [1.165, 1.54) is 11.3 Å². The minimum Gasteiger partial charge on any atom is -0.488 e. The zero-order valence-electron chi connectivity index (χ0n) is 14.1. The Bertz CT molecular complexity index is 669. The zero-order valence-corrected chi connectivity index (χ0v) is 14.1. The molecule has 0 spiro atoms. The summed E-state index contributed by atoms with van der Waals surface area (Å²) in [7, 11) is 0. The molecule has 1 aromatic carbocycles. The van der Waals surface area contributed by atoms with E-state index in [9.17, 15) is 5.11 Å². The van der Waals surface area contributed by atoms with Gasteiger partial charge < -0.3 is 15.2 Å². The van der Waals surface area contributed by atoms with Gasteiger partial charge in [-0.25, -0.2) is 0 Å². The maximum atomic E-state index is 9.25. The highest BCUT2D eigenvalue weighted by Gasteiger charge is 2.21. The van der Waals surface area contributed by atoms with Crippen molar-refractivity contribution in [3.8, 4) is 17.0 Å². The Kier molecular flexibility index (Phi) is 4.41. The van der Waals surface area contributed by atoms with Crippen LogP contribution in [0.3, 0.4) is 0 Å². The molecule has 0 bridgehead atoms. The second kappa shape index (κ2) is 6.34. The fraction of sp³-hybridized carbons (Fsp3) is 0.500. The Morgan fingerprint density at radius 1 is 1.26 bits per heavy atom.